The number of rotatable bonds is 10. The lowest BCUT2D eigenvalue weighted by molar-refractivity contribution is -0.121. The highest BCUT2D eigenvalue weighted by Gasteiger charge is 2.29. The molecule has 1 rings (SSSR count). The van der Waals surface area contributed by atoms with Gasteiger partial charge in [0.2, 0.25) is 0 Å². The Bertz CT molecular complexity index is 340. The minimum absolute atomic E-state index is 0.0416. The molecule has 122 valence electrons. The van der Waals surface area contributed by atoms with E-state index in [1.165, 1.54) is 0 Å². The van der Waals surface area contributed by atoms with E-state index in [1.54, 1.807) is 14.0 Å². The molecule has 0 aliphatic carbocycles. The van der Waals surface area contributed by atoms with Crippen LogP contribution in [-0.2, 0) is 14.3 Å². The number of methoxy groups -OCH3 is 1. The van der Waals surface area contributed by atoms with E-state index in [9.17, 15) is 4.79 Å². The fraction of sp³-hybridized carbons (Fsp3) is 0.824. The van der Waals surface area contributed by atoms with Crippen molar-refractivity contribution >= 4 is 5.78 Å². The van der Waals surface area contributed by atoms with Crippen LogP contribution in [-0.4, -0.2) is 42.9 Å². The predicted molar refractivity (Wildman–Crippen MR) is 83.2 cm³/mol. The molecule has 0 spiro atoms. The summed E-state index contributed by atoms with van der Waals surface area (Å²) in [4.78, 5) is 11.3. The summed E-state index contributed by atoms with van der Waals surface area (Å²) in [6.07, 6.45) is 5.48. The zero-order chi connectivity index (χ0) is 15.8. The standard InChI is InChI=1S/C17H30O4/c1-12(14(3)19)10-15(20-4)7-8-17-13(2)11-16(21-17)6-5-9-18/h12,15-18H,2,5-11H2,1,3-4H3/t12-,15-,16?,17+/m1/s1. The molecule has 0 aromatic carbocycles. The Morgan fingerprint density at radius 2 is 2.24 bits per heavy atom. The van der Waals surface area contributed by atoms with Gasteiger partial charge in [-0.1, -0.05) is 13.5 Å². The minimum Gasteiger partial charge on any atom is -0.396 e. The average Bonchev–Trinajstić information content (AvgIpc) is 2.81. The Labute approximate surface area is 128 Å². The molecule has 4 heteroatoms. The molecule has 1 saturated heterocycles. The summed E-state index contributed by atoms with van der Waals surface area (Å²) in [6.45, 7) is 7.90. The van der Waals surface area contributed by atoms with E-state index in [2.05, 4.69) is 6.58 Å². The summed E-state index contributed by atoms with van der Waals surface area (Å²) in [5.74, 6) is 0.252. The largest absolute Gasteiger partial charge is 0.396 e. The van der Waals surface area contributed by atoms with Gasteiger partial charge < -0.3 is 14.6 Å². The van der Waals surface area contributed by atoms with Crippen LogP contribution in [0.5, 0.6) is 0 Å². The molecule has 4 nitrogen and oxygen atoms in total. The highest BCUT2D eigenvalue weighted by Crippen LogP contribution is 2.31. The lowest BCUT2D eigenvalue weighted by Crippen LogP contribution is -2.21. The van der Waals surface area contributed by atoms with Crippen LogP contribution in [0.15, 0.2) is 12.2 Å². The van der Waals surface area contributed by atoms with Crippen LogP contribution in [0.2, 0.25) is 0 Å². The van der Waals surface area contributed by atoms with Gasteiger partial charge in [0, 0.05) is 19.6 Å². The second-order valence-electron chi connectivity index (χ2n) is 6.16. The third-order valence-corrected chi connectivity index (χ3v) is 4.38. The summed E-state index contributed by atoms with van der Waals surface area (Å²) >= 11 is 0. The summed E-state index contributed by atoms with van der Waals surface area (Å²) in [5, 5.41) is 8.87. The molecule has 1 aliphatic heterocycles. The van der Waals surface area contributed by atoms with E-state index in [4.69, 9.17) is 14.6 Å². The second kappa shape index (κ2) is 9.34. The minimum atomic E-state index is 0.0416. The van der Waals surface area contributed by atoms with Crippen LogP contribution in [0.4, 0.5) is 0 Å². The summed E-state index contributed by atoms with van der Waals surface area (Å²) in [7, 11) is 1.70. The fourth-order valence-corrected chi connectivity index (χ4v) is 2.79. The first-order chi connectivity index (χ1) is 9.97. The molecule has 0 aromatic heterocycles. The van der Waals surface area contributed by atoms with E-state index in [1.807, 2.05) is 6.92 Å². The molecule has 0 bridgehead atoms. The summed E-state index contributed by atoms with van der Waals surface area (Å²) in [5.41, 5.74) is 1.15. The van der Waals surface area contributed by atoms with Crippen molar-refractivity contribution in [3.8, 4) is 0 Å². The quantitative estimate of drug-likeness (QED) is 0.630. The zero-order valence-corrected chi connectivity index (χ0v) is 13.6. The van der Waals surface area contributed by atoms with Crippen LogP contribution < -0.4 is 0 Å². The van der Waals surface area contributed by atoms with Crippen LogP contribution >= 0.6 is 0 Å². The molecule has 21 heavy (non-hydrogen) atoms. The van der Waals surface area contributed by atoms with Gasteiger partial charge in [-0.05, 0) is 51.0 Å². The van der Waals surface area contributed by atoms with Gasteiger partial charge in [-0.2, -0.15) is 0 Å². The average molecular weight is 298 g/mol. The Balaban J connectivity index is 2.35. The molecule has 0 amide bonds. The third-order valence-electron chi connectivity index (χ3n) is 4.38. The Morgan fingerprint density at radius 3 is 2.81 bits per heavy atom. The van der Waals surface area contributed by atoms with Gasteiger partial charge in [-0.3, -0.25) is 4.79 Å². The van der Waals surface area contributed by atoms with Crippen molar-refractivity contribution in [1.29, 1.82) is 0 Å². The number of Topliss-reactive ketones (excluding diaryl/α,β-unsaturated/α-hetero) is 1. The van der Waals surface area contributed by atoms with E-state index in [0.29, 0.717) is 0 Å². The van der Waals surface area contributed by atoms with Gasteiger partial charge in [-0.15, -0.1) is 0 Å². The number of hydrogen-bond acceptors (Lipinski definition) is 4. The van der Waals surface area contributed by atoms with Crippen LogP contribution in [0.3, 0.4) is 0 Å². The highest BCUT2D eigenvalue weighted by atomic mass is 16.5. The molecule has 4 atom stereocenters. The van der Waals surface area contributed by atoms with Crippen LogP contribution in [0.25, 0.3) is 0 Å². The van der Waals surface area contributed by atoms with Gasteiger partial charge in [0.15, 0.2) is 0 Å². The van der Waals surface area contributed by atoms with Crippen molar-refractivity contribution in [2.75, 3.05) is 13.7 Å². The SMILES string of the molecule is C=C1CC(CCCO)O[C@H]1CC[C@H](C[C@@H](C)C(C)=O)OC. The lowest BCUT2D eigenvalue weighted by atomic mass is 9.95. The Hall–Kier alpha value is -0.710. The maximum absolute atomic E-state index is 11.3. The van der Waals surface area contributed by atoms with Gasteiger partial charge in [0.1, 0.15) is 5.78 Å². The lowest BCUT2D eigenvalue weighted by Gasteiger charge is -2.20. The van der Waals surface area contributed by atoms with Crippen LogP contribution in [0.1, 0.15) is 52.4 Å². The van der Waals surface area contributed by atoms with Crippen molar-refractivity contribution < 1.29 is 19.4 Å². The molecular weight excluding hydrogens is 268 g/mol. The first-order valence-electron chi connectivity index (χ1n) is 7.95. The van der Waals surface area contributed by atoms with Crippen LogP contribution in [0, 0.1) is 5.92 Å². The zero-order valence-electron chi connectivity index (χ0n) is 13.6. The molecule has 1 N–H and O–H groups in total. The first-order valence-corrected chi connectivity index (χ1v) is 7.95. The maximum Gasteiger partial charge on any atom is 0.132 e. The van der Waals surface area contributed by atoms with Crippen molar-refractivity contribution in [2.24, 2.45) is 5.92 Å². The summed E-state index contributed by atoms with van der Waals surface area (Å²) in [6, 6.07) is 0. The van der Waals surface area contributed by atoms with Gasteiger partial charge in [0.25, 0.3) is 0 Å². The molecule has 1 heterocycles. The number of carbonyl (C=O) groups excluding carboxylic acids is 1. The first kappa shape index (κ1) is 18.3. The molecular formula is C17H30O4. The third kappa shape index (κ3) is 6.29. The molecule has 0 aromatic rings. The van der Waals surface area contributed by atoms with E-state index >= 15 is 0 Å². The number of aliphatic hydroxyl groups is 1. The Morgan fingerprint density at radius 1 is 1.52 bits per heavy atom. The van der Waals surface area contributed by atoms with Crippen molar-refractivity contribution in [3.05, 3.63) is 12.2 Å². The summed E-state index contributed by atoms with van der Waals surface area (Å²) < 4.78 is 11.5. The number of carbonyl (C=O) groups is 1. The molecule has 1 aliphatic rings. The van der Waals surface area contributed by atoms with E-state index in [-0.39, 0.29) is 36.6 Å². The number of ether oxygens (including phenoxy) is 2. The topological polar surface area (TPSA) is 55.8 Å². The maximum atomic E-state index is 11.3. The van der Waals surface area contributed by atoms with E-state index < -0.39 is 0 Å². The smallest absolute Gasteiger partial charge is 0.132 e. The predicted octanol–water partition coefficient (Wildman–Crippen LogP) is 2.88. The fourth-order valence-electron chi connectivity index (χ4n) is 2.79. The number of hydrogen-bond donors (Lipinski definition) is 1. The van der Waals surface area contributed by atoms with Crippen molar-refractivity contribution in [3.63, 3.8) is 0 Å². The second-order valence-corrected chi connectivity index (χ2v) is 6.16. The van der Waals surface area contributed by atoms with Gasteiger partial charge in [-0.25, -0.2) is 0 Å². The molecule has 0 saturated carbocycles. The van der Waals surface area contributed by atoms with Crippen molar-refractivity contribution in [2.45, 2.75) is 70.7 Å². The Kier molecular flexibility index (Phi) is 8.15. The number of ketones is 1. The normalized spacial score (nSPS) is 25.0. The van der Waals surface area contributed by atoms with Gasteiger partial charge in [0.05, 0.1) is 18.3 Å². The van der Waals surface area contributed by atoms with Gasteiger partial charge >= 0.3 is 0 Å². The molecule has 1 fully saturated rings. The van der Waals surface area contributed by atoms with E-state index in [0.717, 1.165) is 44.1 Å². The van der Waals surface area contributed by atoms with Crippen molar-refractivity contribution in [1.82, 2.24) is 0 Å². The molecule has 1 unspecified atom stereocenters. The number of aliphatic hydroxyl groups excluding tert-OH is 1. The molecule has 0 radical (unpaired) electrons. The monoisotopic (exact) mass is 298 g/mol. The highest BCUT2D eigenvalue weighted by molar-refractivity contribution is 5.77.